The highest BCUT2D eigenvalue weighted by atomic mass is 35.5. The van der Waals surface area contributed by atoms with Gasteiger partial charge in [0.15, 0.2) is 0 Å². The van der Waals surface area contributed by atoms with Crippen molar-refractivity contribution in [1.82, 2.24) is 4.90 Å². The van der Waals surface area contributed by atoms with Gasteiger partial charge in [0, 0.05) is 16.1 Å². The molecule has 1 saturated heterocycles. The maximum atomic E-state index is 11.3. The van der Waals surface area contributed by atoms with Gasteiger partial charge in [-0.15, -0.1) is 0 Å². The van der Waals surface area contributed by atoms with E-state index in [1.165, 1.54) is 0 Å². The molecular formula is C15H19Cl2NO2. The van der Waals surface area contributed by atoms with Crippen LogP contribution in [-0.2, 0) is 4.79 Å². The van der Waals surface area contributed by atoms with Crippen LogP contribution in [0.25, 0.3) is 0 Å². The van der Waals surface area contributed by atoms with Gasteiger partial charge in [-0.25, -0.2) is 0 Å². The van der Waals surface area contributed by atoms with E-state index in [4.69, 9.17) is 23.2 Å². The van der Waals surface area contributed by atoms with E-state index in [0.717, 1.165) is 18.7 Å². The second-order valence-electron chi connectivity index (χ2n) is 5.74. The lowest BCUT2D eigenvalue weighted by atomic mass is 9.80. The summed E-state index contributed by atoms with van der Waals surface area (Å²) in [6, 6.07) is 5.70. The topological polar surface area (TPSA) is 40.5 Å². The summed E-state index contributed by atoms with van der Waals surface area (Å²) in [7, 11) is 0. The molecule has 0 amide bonds. The van der Waals surface area contributed by atoms with Crippen molar-refractivity contribution in [3.8, 4) is 0 Å². The van der Waals surface area contributed by atoms with Crippen LogP contribution in [0.4, 0.5) is 0 Å². The zero-order valence-corrected chi connectivity index (χ0v) is 13.2. The molecule has 1 atom stereocenters. The summed E-state index contributed by atoms with van der Waals surface area (Å²) < 4.78 is 0. The number of hydrogen-bond donors (Lipinski definition) is 1. The third-order valence-corrected chi connectivity index (χ3v) is 4.94. The van der Waals surface area contributed by atoms with Crippen molar-refractivity contribution in [3.63, 3.8) is 0 Å². The molecule has 20 heavy (non-hydrogen) atoms. The van der Waals surface area contributed by atoms with Gasteiger partial charge in [-0.1, -0.05) is 29.3 Å². The number of likely N-dealkylation sites (tertiary alicyclic amines) is 1. The molecule has 110 valence electrons. The van der Waals surface area contributed by atoms with Gasteiger partial charge in [0.1, 0.15) is 0 Å². The van der Waals surface area contributed by atoms with Crippen LogP contribution < -0.4 is 0 Å². The Bertz CT molecular complexity index is 511. The molecule has 1 aliphatic rings. The quantitative estimate of drug-likeness (QED) is 0.906. The summed E-state index contributed by atoms with van der Waals surface area (Å²) in [4.78, 5) is 13.5. The number of carboxylic acids is 1. The van der Waals surface area contributed by atoms with Crippen LogP contribution in [0.5, 0.6) is 0 Å². The molecule has 1 aromatic carbocycles. The number of benzene rings is 1. The van der Waals surface area contributed by atoms with Crippen molar-refractivity contribution < 1.29 is 9.90 Å². The van der Waals surface area contributed by atoms with E-state index in [0.29, 0.717) is 22.9 Å². The van der Waals surface area contributed by atoms with Crippen molar-refractivity contribution in [2.75, 3.05) is 13.1 Å². The fraction of sp³-hybridized carbons (Fsp3) is 0.533. The number of aliphatic carboxylic acids is 1. The molecule has 2 rings (SSSR count). The zero-order chi connectivity index (χ0) is 14.9. The van der Waals surface area contributed by atoms with Crippen molar-refractivity contribution in [2.24, 2.45) is 5.41 Å². The minimum atomic E-state index is -0.700. The van der Waals surface area contributed by atoms with E-state index < -0.39 is 11.4 Å². The summed E-state index contributed by atoms with van der Waals surface area (Å²) in [5.41, 5.74) is 0.440. The number of carbonyl (C=O) groups is 1. The van der Waals surface area contributed by atoms with Crippen LogP contribution in [-0.4, -0.2) is 29.1 Å². The SMILES string of the molecule is CC(c1ccc(Cl)cc1Cl)N1CCC(C)(C(=O)O)CC1. The molecule has 1 N–H and O–H groups in total. The largest absolute Gasteiger partial charge is 0.481 e. The lowest BCUT2D eigenvalue weighted by Crippen LogP contribution is -2.43. The fourth-order valence-corrected chi connectivity index (χ4v) is 3.22. The molecule has 1 aliphatic heterocycles. The fourth-order valence-electron chi connectivity index (χ4n) is 2.66. The summed E-state index contributed by atoms with van der Waals surface area (Å²) in [6.07, 6.45) is 1.33. The van der Waals surface area contributed by atoms with Crippen LogP contribution in [0.1, 0.15) is 38.3 Å². The zero-order valence-electron chi connectivity index (χ0n) is 11.7. The summed E-state index contributed by atoms with van der Waals surface area (Å²) in [6.45, 7) is 5.46. The van der Waals surface area contributed by atoms with E-state index in [1.807, 2.05) is 19.1 Å². The molecule has 0 aliphatic carbocycles. The third kappa shape index (κ3) is 3.11. The molecule has 0 saturated carbocycles. The normalized spacial score (nSPS) is 20.6. The molecular weight excluding hydrogens is 297 g/mol. The third-order valence-electron chi connectivity index (χ3n) is 4.38. The van der Waals surface area contributed by atoms with Crippen molar-refractivity contribution in [1.29, 1.82) is 0 Å². The van der Waals surface area contributed by atoms with Gasteiger partial charge in [0.05, 0.1) is 5.41 Å². The lowest BCUT2D eigenvalue weighted by molar-refractivity contribution is -0.151. The van der Waals surface area contributed by atoms with Gasteiger partial charge in [0.25, 0.3) is 0 Å². The predicted molar refractivity (Wildman–Crippen MR) is 81.4 cm³/mol. The minimum absolute atomic E-state index is 0.165. The summed E-state index contributed by atoms with van der Waals surface area (Å²) in [5, 5.41) is 10.6. The number of nitrogens with zero attached hydrogens (tertiary/aromatic N) is 1. The average Bonchev–Trinajstić information content (AvgIpc) is 2.38. The van der Waals surface area contributed by atoms with Crippen LogP contribution in [0.3, 0.4) is 0 Å². The number of halogens is 2. The number of hydrogen-bond acceptors (Lipinski definition) is 2. The second kappa shape index (κ2) is 5.92. The average molecular weight is 316 g/mol. The first-order valence-corrected chi connectivity index (χ1v) is 7.51. The Balaban J connectivity index is 2.08. The molecule has 0 radical (unpaired) electrons. The van der Waals surface area contributed by atoms with E-state index in [9.17, 15) is 9.90 Å². The molecule has 1 aromatic rings. The molecule has 1 fully saturated rings. The van der Waals surface area contributed by atoms with Crippen LogP contribution >= 0.6 is 23.2 Å². The Morgan fingerprint density at radius 2 is 1.95 bits per heavy atom. The molecule has 1 heterocycles. The molecule has 5 heteroatoms. The maximum Gasteiger partial charge on any atom is 0.309 e. The Kier molecular flexibility index (Phi) is 4.62. The Hall–Kier alpha value is -0.770. The Morgan fingerprint density at radius 3 is 2.45 bits per heavy atom. The van der Waals surface area contributed by atoms with Gasteiger partial charge in [0.2, 0.25) is 0 Å². The Morgan fingerprint density at radius 1 is 1.35 bits per heavy atom. The van der Waals surface area contributed by atoms with Crippen LogP contribution in [0.15, 0.2) is 18.2 Å². The first-order chi connectivity index (χ1) is 9.33. The van der Waals surface area contributed by atoms with Crippen LogP contribution in [0, 0.1) is 5.41 Å². The lowest BCUT2D eigenvalue weighted by Gasteiger charge is -2.39. The number of piperidine rings is 1. The van der Waals surface area contributed by atoms with Crippen LogP contribution in [0.2, 0.25) is 10.0 Å². The van der Waals surface area contributed by atoms with Gasteiger partial charge >= 0.3 is 5.97 Å². The number of rotatable bonds is 3. The summed E-state index contributed by atoms with van der Waals surface area (Å²) >= 11 is 12.2. The molecule has 1 unspecified atom stereocenters. The summed E-state index contributed by atoms with van der Waals surface area (Å²) in [5.74, 6) is -0.700. The van der Waals surface area contributed by atoms with Gasteiger partial charge in [-0.2, -0.15) is 0 Å². The number of carboxylic acid groups (broad SMARTS) is 1. The van der Waals surface area contributed by atoms with E-state index in [1.54, 1.807) is 6.07 Å². The highest BCUT2D eigenvalue weighted by Crippen LogP contribution is 2.36. The molecule has 0 aromatic heterocycles. The maximum absolute atomic E-state index is 11.3. The van der Waals surface area contributed by atoms with E-state index in [-0.39, 0.29) is 6.04 Å². The smallest absolute Gasteiger partial charge is 0.309 e. The monoisotopic (exact) mass is 315 g/mol. The van der Waals surface area contributed by atoms with Crippen molar-refractivity contribution in [2.45, 2.75) is 32.7 Å². The highest BCUT2D eigenvalue weighted by molar-refractivity contribution is 6.35. The first-order valence-electron chi connectivity index (χ1n) is 6.76. The van der Waals surface area contributed by atoms with Gasteiger partial charge in [-0.05, 0) is 57.5 Å². The van der Waals surface area contributed by atoms with Gasteiger partial charge < -0.3 is 5.11 Å². The van der Waals surface area contributed by atoms with E-state index >= 15 is 0 Å². The highest BCUT2D eigenvalue weighted by Gasteiger charge is 2.38. The predicted octanol–water partition coefficient (Wildman–Crippen LogP) is 4.24. The second-order valence-corrected chi connectivity index (χ2v) is 6.59. The Labute approximate surface area is 129 Å². The molecule has 0 spiro atoms. The van der Waals surface area contributed by atoms with Gasteiger partial charge in [-0.3, -0.25) is 9.69 Å². The van der Waals surface area contributed by atoms with Crippen molar-refractivity contribution >= 4 is 29.2 Å². The van der Waals surface area contributed by atoms with E-state index in [2.05, 4.69) is 11.8 Å². The first kappa shape index (κ1) is 15.6. The molecule has 3 nitrogen and oxygen atoms in total. The minimum Gasteiger partial charge on any atom is -0.481 e. The molecule has 0 bridgehead atoms. The van der Waals surface area contributed by atoms with Crippen molar-refractivity contribution in [3.05, 3.63) is 33.8 Å². The standard InChI is InChI=1S/C15H19Cl2NO2/c1-10(12-4-3-11(16)9-13(12)17)18-7-5-15(2,6-8-18)14(19)20/h3-4,9-10H,5-8H2,1-2H3,(H,19,20).